The van der Waals surface area contributed by atoms with Crippen LogP contribution in [-0.4, -0.2) is 36.3 Å². The molecule has 1 unspecified atom stereocenters. The lowest BCUT2D eigenvalue weighted by molar-refractivity contribution is 0.0743. The third-order valence-electron chi connectivity index (χ3n) is 4.63. The van der Waals surface area contributed by atoms with Crippen LogP contribution in [0.3, 0.4) is 0 Å². The number of nitrogens with zero attached hydrogens (tertiary/aromatic N) is 1. The van der Waals surface area contributed by atoms with E-state index in [1.165, 1.54) is 16.7 Å². The lowest BCUT2D eigenvalue weighted by Crippen LogP contribution is -2.32. The van der Waals surface area contributed by atoms with E-state index in [-0.39, 0.29) is 6.61 Å². The average Bonchev–Trinajstić information content (AvgIpc) is 2.69. The minimum absolute atomic E-state index is 0.281. The zero-order chi connectivity index (χ0) is 19.1. The highest BCUT2D eigenvalue weighted by Gasteiger charge is 2.10. The molecule has 0 saturated heterocycles. The van der Waals surface area contributed by atoms with Crippen LogP contribution >= 0.6 is 0 Å². The maximum atomic E-state index is 10.3. The van der Waals surface area contributed by atoms with Crippen LogP contribution in [-0.2, 0) is 6.54 Å². The maximum absolute atomic E-state index is 10.3. The van der Waals surface area contributed by atoms with Crippen molar-refractivity contribution in [2.24, 2.45) is 0 Å². The van der Waals surface area contributed by atoms with Gasteiger partial charge < -0.3 is 9.84 Å². The van der Waals surface area contributed by atoms with E-state index >= 15 is 0 Å². The topological polar surface area (TPSA) is 32.7 Å². The van der Waals surface area contributed by atoms with Crippen LogP contribution in [0.25, 0.3) is 11.1 Å². The molecule has 0 bridgehead atoms. The standard InChI is InChI=1S/C24H27NO2/c1-19-8-6-7-11-22(19)16-25(2)17-23(26)18-27-24-14-12-21(13-15-24)20-9-4-3-5-10-20/h3-15,23,26H,16-18H2,1-2H3. The molecule has 140 valence electrons. The molecule has 27 heavy (non-hydrogen) atoms. The molecule has 0 aliphatic carbocycles. The summed E-state index contributed by atoms with van der Waals surface area (Å²) in [6.07, 6.45) is -0.534. The largest absolute Gasteiger partial charge is 0.491 e. The predicted octanol–water partition coefficient (Wildman–Crippen LogP) is 4.53. The van der Waals surface area contributed by atoms with E-state index < -0.39 is 6.10 Å². The molecule has 0 fully saturated rings. The number of hydrogen-bond donors (Lipinski definition) is 1. The van der Waals surface area contributed by atoms with Crippen molar-refractivity contribution in [3.05, 3.63) is 90.0 Å². The number of likely N-dealkylation sites (N-methyl/N-ethyl adjacent to an activating group) is 1. The Labute approximate surface area is 161 Å². The Morgan fingerprint density at radius 2 is 1.48 bits per heavy atom. The summed E-state index contributed by atoms with van der Waals surface area (Å²) < 4.78 is 5.76. The summed E-state index contributed by atoms with van der Waals surface area (Å²) in [5.41, 5.74) is 4.89. The third kappa shape index (κ3) is 5.68. The molecule has 0 aromatic heterocycles. The molecule has 0 radical (unpaired) electrons. The highest BCUT2D eigenvalue weighted by atomic mass is 16.5. The number of ether oxygens (including phenoxy) is 1. The molecule has 1 N–H and O–H groups in total. The van der Waals surface area contributed by atoms with E-state index in [1.54, 1.807) is 0 Å². The first-order chi connectivity index (χ1) is 13.1. The quantitative estimate of drug-likeness (QED) is 0.640. The van der Waals surface area contributed by atoms with Crippen molar-refractivity contribution in [3.8, 4) is 16.9 Å². The lowest BCUT2D eigenvalue weighted by Gasteiger charge is -2.21. The van der Waals surface area contributed by atoms with E-state index in [0.29, 0.717) is 6.54 Å². The summed E-state index contributed by atoms with van der Waals surface area (Å²) in [5.74, 6) is 0.773. The van der Waals surface area contributed by atoms with Gasteiger partial charge in [0.2, 0.25) is 0 Å². The Bertz CT molecular complexity index is 831. The van der Waals surface area contributed by atoms with Gasteiger partial charge in [-0.05, 0) is 48.4 Å². The van der Waals surface area contributed by atoms with Crippen LogP contribution in [0.15, 0.2) is 78.9 Å². The average molecular weight is 361 g/mol. The molecule has 0 heterocycles. The zero-order valence-electron chi connectivity index (χ0n) is 16.0. The molecule has 0 saturated carbocycles. The van der Waals surface area contributed by atoms with Gasteiger partial charge in [0, 0.05) is 13.1 Å². The Morgan fingerprint density at radius 1 is 0.852 bits per heavy atom. The van der Waals surface area contributed by atoms with Gasteiger partial charge in [0.1, 0.15) is 18.5 Å². The van der Waals surface area contributed by atoms with Crippen molar-refractivity contribution in [1.29, 1.82) is 0 Å². The fraction of sp³-hybridized carbons (Fsp3) is 0.250. The van der Waals surface area contributed by atoms with Gasteiger partial charge in [-0.2, -0.15) is 0 Å². The highest BCUT2D eigenvalue weighted by Crippen LogP contribution is 2.22. The number of rotatable bonds is 8. The van der Waals surface area contributed by atoms with E-state index in [0.717, 1.165) is 17.9 Å². The minimum Gasteiger partial charge on any atom is -0.491 e. The van der Waals surface area contributed by atoms with E-state index in [9.17, 15) is 5.11 Å². The van der Waals surface area contributed by atoms with Crippen LogP contribution in [0, 0.1) is 6.92 Å². The summed E-state index contributed by atoms with van der Waals surface area (Å²) in [6, 6.07) is 26.6. The molecule has 3 nitrogen and oxygen atoms in total. The summed E-state index contributed by atoms with van der Waals surface area (Å²) >= 11 is 0. The van der Waals surface area contributed by atoms with Crippen molar-refractivity contribution in [1.82, 2.24) is 4.90 Å². The second-order valence-corrected chi connectivity index (χ2v) is 6.98. The van der Waals surface area contributed by atoms with Crippen LogP contribution in [0.4, 0.5) is 0 Å². The molecule has 1 atom stereocenters. The minimum atomic E-state index is -0.534. The second-order valence-electron chi connectivity index (χ2n) is 6.98. The summed E-state index contributed by atoms with van der Waals surface area (Å²) in [5, 5.41) is 10.3. The number of hydrogen-bond acceptors (Lipinski definition) is 3. The van der Waals surface area contributed by atoms with Gasteiger partial charge >= 0.3 is 0 Å². The van der Waals surface area contributed by atoms with Crippen molar-refractivity contribution < 1.29 is 9.84 Å². The van der Waals surface area contributed by atoms with Crippen molar-refractivity contribution in [2.45, 2.75) is 19.6 Å². The monoisotopic (exact) mass is 361 g/mol. The number of aryl methyl sites for hydroxylation is 1. The van der Waals surface area contributed by atoms with E-state index in [4.69, 9.17) is 4.74 Å². The highest BCUT2D eigenvalue weighted by molar-refractivity contribution is 5.63. The zero-order valence-corrected chi connectivity index (χ0v) is 16.0. The van der Waals surface area contributed by atoms with Gasteiger partial charge in [0.15, 0.2) is 0 Å². The first-order valence-corrected chi connectivity index (χ1v) is 9.31. The predicted molar refractivity (Wildman–Crippen MR) is 111 cm³/mol. The molecule has 3 aromatic carbocycles. The normalized spacial score (nSPS) is 12.1. The fourth-order valence-electron chi connectivity index (χ4n) is 3.12. The van der Waals surface area contributed by atoms with Crippen LogP contribution < -0.4 is 4.74 Å². The smallest absolute Gasteiger partial charge is 0.119 e. The first kappa shape index (κ1) is 19.2. The lowest BCUT2D eigenvalue weighted by atomic mass is 10.1. The van der Waals surface area contributed by atoms with Gasteiger partial charge in [-0.25, -0.2) is 0 Å². The first-order valence-electron chi connectivity index (χ1n) is 9.31. The molecule has 0 aliphatic rings. The van der Waals surface area contributed by atoms with Crippen LogP contribution in [0.5, 0.6) is 5.75 Å². The van der Waals surface area contributed by atoms with E-state index in [1.807, 2.05) is 55.6 Å². The summed E-state index contributed by atoms with van der Waals surface area (Å²) in [4.78, 5) is 2.12. The molecule has 3 aromatic rings. The fourth-order valence-corrected chi connectivity index (χ4v) is 3.12. The molecule has 0 amide bonds. The maximum Gasteiger partial charge on any atom is 0.119 e. The number of benzene rings is 3. The van der Waals surface area contributed by atoms with Gasteiger partial charge in [-0.15, -0.1) is 0 Å². The Morgan fingerprint density at radius 3 is 2.19 bits per heavy atom. The molecular weight excluding hydrogens is 334 g/mol. The Balaban J connectivity index is 1.47. The van der Waals surface area contributed by atoms with Crippen molar-refractivity contribution in [3.63, 3.8) is 0 Å². The Kier molecular flexibility index (Phi) is 6.64. The van der Waals surface area contributed by atoms with Gasteiger partial charge in [0.05, 0.1) is 0 Å². The third-order valence-corrected chi connectivity index (χ3v) is 4.63. The van der Waals surface area contributed by atoms with Crippen LogP contribution in [0.1, 0.15) is 11.1 Å². The Hall–Kier alpha value is -2.62. The molecule has 0 spiro atoms. The van der Waals surface area contributed by atoms with Gasteiger partial charge in [0.25, 0.3) is 0 Å². The molecule has 3 heteroatoms. The van der Waals surface area contributed by atoms with Gasteiger partial charge in [-0.3, -0.25) is 4.90 Å². The van der Waals surface area contributed by atoms with Crippen LogP contribution in [0.2, 0.25) is 0 Å². The van der Waals surface area contributed by atoms with Crippen molar-refractivity contribution >= 4 is 0 Å². The summed E-state index contributed by atoms with van der Waals surface area (Å²) in [6.45, 7) is 3.77. The second kappa shape index (κ2) is 9.36. The summed E-state index contributed by atoms with van der Waals surface area (Å²) in [7, 11) is 2.02. The molecule has 3 rings (SSSR count). The van der Waals surface area contributed by atoms with E-state index in [2.05, 4.69) is 42.2 Å². The number of aliphatic hydroxyl groups excluding tert-OH is 1. The SMILES string of the molecule is Cc1ccccc1CN(C)CC(O)COc1ccc(-c2ccccc2)cc1. The molecule has 0 aliphatic heterocycles. The van der Waals surface area contributed by atoms with Crippen molar-refractivity contribution in [2.75, 3.05) is 20.2 Å². The van der Waals surface area contributed by atoms with Gasteiger partial charge in [-0.1, -0.05) is 66.7 Å². The molecular formula is C24H27NO2. The number of aliphatic hydroxyl groups is 1.